The van der Waals surface area contributed by atoms with E-state index in [0.29, 0.717) is 12.2 Å². The Morgan fingerprint density at radius 3 is 2.90 bits per heavy atom. The van der Waals surface area contributed by atoms with E-state index in [1.165, 1.54) is 0 Å². The molecule has 1 heterocycles. The van der Waals surface area contributed by atoms with Crippen molar-refractivity contribution < 1.29 is 14.3 Å². The van der Waals surface area contributed by atoms with Crippen molar-refractivity contribution in [3.63, 3.8) is 0 Å². The number of carbonyl (C=O) groups excluding carboxylic acids is 2. The lowest BCUT2D eigenvalue weighted by molar-refractivity contribution is -0.119. The van der Waals surface area contributed by atoms with Crippen molar-refractivity contribution in [2.45, 2.75) is 29.1 Å². The second kappa shape index (κ2) is 5.82. The van der Waals surface area contributed by atoms with Gasteiger partial charge in [0.05, 0.1) is 22.8 Å². The van der Waals surface area contributed by atoms with Crippen LogP contribution in [0.1, 0.15) is 29.6 Å². The molecule has 0 amide bonds. The molecule has 1 fully saturated rings. The Morgan fingerprint density at radius 1 is 1.40 bits per heavy atom. The zero-order valence-corrected chi connectivity index (χ0v) is 12.9. The highest BCUT2D eigenvalue weighted by molar-refractivity contribution is 8.00. The molecule has 0 atom stereocenters. The number of ether oxygens (including phenoxy) is 1. The van der Waals surface area contributed by atoms with Gasteiger partial charge in [0.1, 0.15) is 11.5 Å². The van der Waals surface area contributed by atoms with Gasteiger partial charge in [0.2, 0.25) is 0 Å². The van der Waals surface area contributed by atoms with Crippen molar-refractivity contribution in [1.29, 1.82) is 0 Å². The summed E-state index contributed by atoms with van der Waals surface area (Å²) in [4.78, 5) is 26.1. The molecule has 0 bridgehead atoms. The fourth-order valence-electron chi connectivity index (χ4n) is 2.30. The maximum absolute atomic E-state index is 12.4. The molecule has 0 saturated heterocycles. The van der Waals surface area contributed by atoms with E-state index in [2.05, 4.69) is 0 Å². The first kappa shape index (κ1) is 14.0. The SMILES string of the molecule is CSc1ccc(C(=O)CC(=O)C2CC2)c2c1OCCS2. The summed E-state index contributed by atoms with van der Waals surface area (Å²) >= 11 is 3.27. The Labute approximate surface area is 126 Å². The van der Waals surface area contributed by atoms with E-state index in [1.54, 1.807) is 23.5 Å². The zero-order valence-electron chi connectivity index (χ0n) is 11.3. The molecule has 1 aromatic rings. The van der Waals surface area contributed by atoms with Gasteiger partial charge < -0.3 is 4.74 Å². The number of carbonyl (C=O) groups is 2. The molecule has 1 saturated carbocycles. The maximum Gasteiger partial charge on any atom is 0.171 e. The number of benzene rings is 1. The number of ketones is 2. The van der Waals surface area contributed by atoms with Crippen LogP contribution in [0.4, 0.5) is 0 Å². The Kier molecular flexibility index (Phi) is 4.08. The number of hydrogen-bond acceptors (Lipinski definition) is 5. The van der Waals surface area contributed by atoms with E-state index in [-0.39, 0.29) is 23.9 Å². The predicted octanol–water partition coefficient (Wildman–Crippen LogP) is 3.44. The van der Waals surface area contributed by atoms with Crippen molar-refractivity contribution in [2.75, 3.05) is 18.6 Å². The van der Waals surface area contributed by atoms with Crippen molar-refractivity contribution >= 4 is 35.1 Å². The van der Waals surface area contributed by atoms with Gasteiger partial charge in [0.15, 0.2) is 5.78 Å². The maximum atomic E-state index is 12.4. The molecule has 0 unspecified atom stereocenters. The molecular formula is C15H16O3S2. The highest BCUT2D eigenvalue weighted by Gasteiger charge is 2.32. The van der Waals surface area contributed by atoms with Crippen molar-refractivity contribution in [3.8, 4) is 5.75 Å². The van der Waals surface area contributed by atoms with E-state index < -0.39 is 0 Å². The summed E-state index contributed by atoms with van der Waals surface area (Å²) in [7, 11) is 0. The van der Waals surface area contributed by atoms with E-state index in [0.717, 1.165) is 34.1 Å². The zero-order chi connectivity index (χ0) is 14.1. The minimum atomic E-state index is -0.0659. The van der Waals surface area contributed by atoms with Gasteiger partial charge in [-0.15, -0.1) is 23.5 Å². The van der Waals surface area contributed by atoms with Gasteiger partial charge in [-0.1, -0.05) is 0 Å². The molecule has 1 aromatic carbocycles. The van der Waals surface area contributed by atoms with E-state index in [4.69, 9.17) is 4.74 Å². The first-order valence-corrected chi connectivity index (χ1v) is 8.94. The van der Waals surface area contributed by atoms with E-state index in [1.807, 2.05) is 18.4 Å². The number of Topliss-reactive ketones (excluding diaryl/α,β-unsaturated/α-hetero) is 2. The monoisotopic (exact) mass is 308 g/mol. The van der Waals surface area contributed by atoms with E-state index >= 15 is 0 Å². The molecule has 1 aliphatic carbocycles. The third-order valence-electron chi connectivity index (χ3n) is 3.54. The quantitative estimate of drug-likeness (QED) is 0.473. The van der Waals surface area contributed by atoms with Crippen LogP contribution in [-0.2, 0) is 4.79 Å². The van der Waals surface area contributed by atoms with Crippen LogP contribution in [0, 0.1) is 5.92 Å². The van der Waals surface area contributed by atoms with Crippen LogP contribution in [0.25, 0.3) is 0 Å². The van der Waals surface area contributed by atoms with Crippen LogP contribution < -0.4 is 4.74 Å². The summed E-state index contributed by atoms with van der Waals surface area (Å²) < 4.78 is 5.72. The normalized spacial score (nSPS) is 17.2. The van der Waals surface area contributed by atoms with Crippen molar-refractivity contribution in [1.82, 2.24) is 0 Å². The third kappa shape index (κ3) is 2.74. The summed E-state index contributed by atoms with van der Waals surface area (Å²) in [5.74, 6) is 1.84. The summed E-state index contributed by atoms with van der Waals surface area (Å²) in [6.07, 6.45) is 3.94. The van der Waals surface area contributed by atoms with Crippen LogP contribution in [-0.4, -0.2) is 30.2 Å². The first-order chi connectivity index (χ1) is 9.70. The van der Waals surface area contributed by atoms with Gasteiger partial charge in [-0.05, 0) is 31.2 Å². The minimum Gasteiger partial charge on any atom is -0.490 e. The predicted molar refractivity (Wildman–Crippen MR) is 81.1 cm³/mol. The Balaban J connectivity index is 1.88. The molecule has 5 heteroatoms. The molecule has 0 radical (unpaired) electrons. The number of rotatable bonds is 5. The lowest BCUT2D eigenvalue weighted by Gasteiger charge is -2.21. The molecule has 3 rings (SSSR count). The third-order valence-corrected chi connectivity index (χ3v) is 5.37. The van der Waals surface area contributed by atoms with Crippen LogP contribution in [0.3, 0.4) is 0 Å². The average molecular weight is 308 g/mol. The average Bonchev–Trinajstić information content (AvgIpc) is 3.30. The smallest absolute Gasteiger partial charge is 0.171 e. The highest BCUT2D eigenvalue weighted by Crippen LogP contribution is 2.43. The van der Waals surface area contributed by atoms with Crippen LogP contribution in [0.2, 0.25) is 0 Å². The molecular weight excluding hydrogens is 292 g/mol. The second-order valence-corrected chi connectivity index (χ2v) is 6.96. The van der Waals surface area contributed by atoms with Gasteiger partial charge in [-0.3, -0.25) is 9.59 Å². The highest BCUT2D eigenvalue weighted by atomic mass is 32.2. The second-order valence-electron chi connectivity index (χ2n) is 5.01. The summed E-state index contributed by atoms with van der Waals surface area (Å²) in [5, 5.41) is 0. The lowest BCUT2D eigenvalue weighted by atomic mass is 10.0. The molecule has 0 aromatic heterocycles. The van der Waals surface area contributed by atoms with Crippen LogP contribution in [0.15, 0.2) is 21.9 Å². The topological polar surface area (TPSA) is 43.4 Å². The Morgan fingerprint density at radius 2 is 2.20 bits per heavy atom. The van der Waals surface area contributed by atoms with Gasteiger partial charge >= 0.3 is 0 Å². The fourth-order valence-corrected chi connectivity index (χ4v) is 3.92. The largest absolute Gasteiger partial charge is 0.490 e. The molecule has 106 valence electrons. The molecule has 0 N–H and O–H groups in total. The number of hydrogen-bond donors (Lipinski definition) is 0. The van der Waals surface area contributed by atoms with Crippen molar-refractivity contribution in [3.05, 3.63) is 17.7 Å². The fraction of sp³-hybridized carbons (Fsp3) is 0.467. The van der Waals surface area contributed by atoms with Gasteiger partial charge in [0.25, 0.3) is 0 Å². The minimum absolute atomic E-state index is 0.0380. The lowest BCUT2D eigenvalue weighted by Crippen LogP contribution is -2.14. The summed E-state index contributed by atoms with van der Waals surface area (Å²) in [6, 6.07) is 3.76. The van der Waals surface area contributed by atoms with Crippen molar-refractivity contribution in [2.24, 2.45) is 5.92 Å². The first-order valence-electron chi connectivity index (χ1n) is 6.73. The van der Waals surface area contributed by atoms with Crippen LogP contribution >= 0.6 is 23.5 Å². The summed E-state index contributed by atoms with van der Waals surface area (Å²) in [6.45, 7) is 0.671. The molecule has 1 aliphatic heterocycles. The molecule has 2 aliphatic rings. The van der Waals surface area contributed by atoms with Crippen LogP contribution in [0.5, 0.6) is 5.75 Å². The number of fused-ring (bicyclic) bond motifs is 1. The number of thioether (sulfide) groups is 2. The standard InChI is InChI=1S/C15H16O3S2/c1-19-13-5-4-10(15-14(13)18-6-7-20-15)12(17)8-11(16)9-2-3-9/h4-5,9H,2-3,6-8H2,1H3. The molecule has 0 spiro atoms. The Bertz CT molecular complexity index is 564. The van der Waals surface area contributed by atoms with E-state index in [9.17, 15) is 9.59 Å². The van der Waals surface area contributed by atoms with Gasteiger partial charge in [-0.25, -0.2) is 0 Å². The molecule has 3 nitrogen and oxygen atoms in total. The summed E-state index contributed by atoms with van der Waals surface area (Å²) in [5.41, 5.74) is 0.650. The van der Waals surface area contributed by atoms with Gasteiger partial charge in [0, 0.05) is 17.2 Å². The molecule has 20 heavy (non-hydrogen) atoms. The van der Waals surface area contributed by atoms with Gasteiger partial charge in [-0.2, -0.15) is 0 Å². The Hall–Kier alpha value is -0.940.